The first-order valence-electron chi connectivity index (χ1n) is 5.61. The second-order valence-electron chi connectivity index (χ2n) is 3.96. The van der Waals surface area contributed by atoms with Crippen molar-refractivity contribution in [2.75, 3.05) is 39.9 Å². The molecule has 0 aliphatic rings. The quantitative estimate of drug-likeness (QED) is 0.625. The molecule has 0 aliphatic heterocycles. The van der Waals surface area contributed by atoms with Gasteiger partial charge in [0.15, 0.2) is 0 Å². The van der Waals surface area contributed by atoms with E-state index in [-0.39, 0.29) is 32.7 Å². The van der Waals surface area contributed by atoms with Gasteiger partial charge in [-0.25, -0.2) is 0 Å². The molecule has 0 aromatic heterocycles. The van der Waals surface area contributed by atoms with Crippen molar-refractivity contribution >= 4 is 0 Å². The van der Waals surface area contributed by atoms with Gasteiger partial charge in [0.05, 0.1) is 0 Å². The van der Waals surface area contributed by atoms with Crippen molar-refractivity contribution in [1.29, 1.82) is 0 Å². The van der Waals surface area contributed by atoms with Crippen molar-refractivity contribution in [2.24, 2.45) is 5.92 Å². The Labute approximate surface area is 120 Å². The van der Waals surface area contributed by atoms with Gasteiger partial charge in [-0.3, -0.25) is 0 Å². The van der Waals surface area contributed by atoms with E-state index in [0.29, 0.717) is 0 Å². The van der Waals surface area contributed by atoms with Crippen LogP contribution in [0, 0.1) is 5.92 Å². The predicted molar refractivity (Wildman–Crippen MR) is 61.9 cm³/mol. The summed E-state index contributed by atoms with van der Waals surface area (Å²) in [5.41, 5.74) is 0. The van der Waals surface area contributed by atoms with Crippen LogP contribution in [-0.4, -0.2) is 39.9 Å². The van der Waals surface area contributed by atoms with Gasteiger partial charge in [0.2, 0.25) is 0 Å². The molecule has 0 aromatic carbocycles. The van der Waals surface area contributed by atoms with Crippen molar-refractivity contribution in [1.82, 2.24) is 5.32 Å². The Morgan fingerprint density at radius 1 is 1.20 bits per heavy atom. The molecule has 1 N–H and O–H groups in total. The minimum absolute atomic E-state index is 0. The molecule has 0 aliphatic carbocycles. The van der Waals surface area contributed by atoms with Crippen LogP contribution in [0.15, 0.2) is 0 Å². The summed E-state index contributed by atoms with van der Waals surface area (Å²) in [6.07, 6.45) is 2.16. The van der Waals surface area contributed by atoms with E-state index >= 15 is 0 Å². The van der Waals surface area contributed by atoms with Crippen molar-refractivity contribution < 1.29 is 37.4 Å². The van der Waals surface area contributed by atoms with Crippen LogP contribution < -0.4 is 5.32 Å². The van der Waals surface area contributed by atoms with E-state index in [1.54, 1.807) is 0 Å². The summed E-state index contributed by atoms with van der Waals surface area (Å²) in [6, 6.07) is 0. The molecule has 0 heterocycles. The molecule has 0 bridgehead atoms. The van der Waals surface area contributed by atoms with Crippen LogP contribution in [0.1, 0.15) is 26.7 Å². The van der Waals surface area contributed by atoms with Gasteiger partial charge in [-0.15, -0.1) is 6.54 Å². The molecule has 0 rings (SSSR count). The molecule has 1 radical (unpaired) electrons. The van der Waals surface area contributed by atoms with E-state index in [9.17, 15) is 0 Å². The summed E-state index contributed by atoms with van der Waals surface area (Å²) in [5.74, 6) is 0.738. The van der Waals surface area contributed by atoms with Gasteiger partial charge in [-0.05, 0) is 31.8 Å². The second-order valence-corrected chi connectivity index (χ2v) is 3.96. The average molecular weight is 290 g/mol. The van der Waals surface area contributed by atoms with E-state index < -0.39 is 0 Å². The fourth-order valence-electron chi connectivity index (χ4n) is 1.12. The van der Waals surface area contributed by atoms with Gasteiger partial charge < -0.3 is 15.4 Å². The first-order chi connectivity index (χ1) is 6.77. The molecule has 0 unspecified atom stereocenters. The second kappa shape index (κ2) is 15.0. The number of rotatable bonds is 10. The summed E-state index contributed by atoms with van der Waals surface area (Å²) in [7, 11) is 1.84. The van der Waals surface area contributed by atoms with E-state index in [1.165, 1.54) is 0 Å². The zero-order valence-electron chi connectivity index (χ0n) is 10.5. The summed E-state index contributed by atoms with van der Waals surface area (Å²) < 4.78 is 5.44. The molecule has 0 amide bonds. The monoisotopic (exact) mass is 290 g/mol. The zero-order chi connectivity index (χ0) is 10.6. The van der Waals surface area contributed by atoms with Gasteiger partial charge in [-0.2, -0.15) is 7.05 Å². The normalized spacial score (nSPS) is 10.4. The van der Waals surface area contributed by atoms with Gasteiger partial charge in [0.25, 0.3) is 0 Å². The zero-order valence-corrected chi connectivity index (χ0v) is 13.3. The van der Waals surface area contributed by atoms with Crippen LogP contribution in [-0.2, 0) is 37.4 Å². The van der Waals surface area contributed by atoms with Crippen LogP contribution in [0.2, 0.25) is 0 Å². The van der Waals surface area contributed by atoms with Crippen molar-refractivity contribution in [3.05, 3.63) is 5.32 Å². The maximum absolute atomic E-state index is 5.44. The number of nitrogens with zero attached hydrogens (tertiary/aromatic N) is 1. The number of nitrogens with one attached hydrogen (secondary N) is 1. The van der Waals surface area contributed by atoms with E-state index in [0.717, 1.165) is 51.6 Å². The third-order valence-electron chi connectivity index (χ3n) is 1.87. The topological polar surface area (TPSA) is 35.4 Å². The number of hydrogen-bond donors (Lipinski definition) is 1. The molecule has 15 heavy (non-hydrogen) atoms. The Kier molecular flexibility index (Phi) is 18.3. The summed E-state index contributed by atoms with van der Waals surface area (Å²) in [4.78, 5) is 0. The maximum atomic E-state index is 5.44. The molecular formula is C11H25N2OY-. The molecule has 0 atom stereocenters. The summed E-state index contributed by atoms with van der Waals surface area (Å²) in [5, 5.41) is 7.40. The number of ether oxygens (including phenoxy) is 1. The van der Waals surface area contributed by atoms with Crippen LogP contribution in [0.25, 0.3) is 5.32 Å². The number of hydrogen-bond acceptors (Lipinski definition) is 2. The van der Waals surface area contributed by atoms with E-state index in [2.05, 4.69) is 24.5 Å². The van der Waals surface area contributed by atoms with Crippen molar-refractivity contribution in [2.45, 2.75) is 26.7 Å². The van der Waals surface area contributed by atoms with Crippen LogP contribution in [0.5, 0.6) is 0 Å². The third-order valence-corrected chi connectivity index (χ3v) is 1.87. The van der Waals surface area contributed by atoms with E-state index in [4.69, 9.17) is 4.74 Å². The predicted octanol–water partition coefficient (Wildman–Crippen LogP) is 2.03. The molecule has 0 aromatic rings. The summed E-state index contributed by atoms with van der Waals surface area (Å²) in [6.45, 7) is 9.25. The molecule has 0 saturated carbocycles. The minimum Gasteiger partial charge on any atom is -0.665 e. The Bertz CT molecular complexity index is 113. The molecule has 89 valence electrons. The first-order valence-corrected chi connectivity index (χ1v) is 5.61. The van der Waals surface area contributed by atoms with Crippen LogP contribution >= 0.6 is 0 Å². The molecule has 0 saturated heterocycles. The van der Waals surface area contributed by atoms with Crippen LogP contribution in [0.4, 0.5) is 0 Å². The molecular weight excluding hydrogens is 265 g/mol. The van der Waals surface area contributed by atoms with Gasteiger partial charge >= 0.3 is 0 Å². The van der Waals surface area contributed by atoms with Crippen LogP contribution in [0.3, 0.4) is 0 Å². The maximum Gasteiger partial charge on any atom is 0.0478 e. The molecule has 0 spiro atoms. The first kappa shape index (κ1) is 18.4. The Balaban J connectivity index is 0. The van der Waals surface area contributed by atoms with Gasteiger partial charge in [-0.1, -0.05) is 13.8 Å². The Morgan fingerprint density at radius 2 is 1.87 bits per heavy atom. The average Bonchev–Trinajstić information content (AvgIpc) is 2.15. The van der Waals surface area contributed by atoms with Gasteiger partial charge in [0, 0.05) is 45.9 Å². The Morgan fingerprint density at radius 3 is 2.47 bits per heavy atom. The third kappa shape index (κ3) is 17.6. The molecule has 3 nitrogen and oxygen atoms in total. The fraction of sp³-hybridized carbons (Fsp3) is 1.00. The van der Waals surface area contributed by atoms with Crippen molar-refractivity contribution in [3.63, 3.8) is 0 Å². The van der Waals surface area contributed by atoms with Crippen molar-refractivity contribution in [3.8, 4) is 0 Å². The largest absolute Gasteiger partial charge is 0.665 e. The minimum atomic E-state index is 0. The standard InChI is InChI=1S/C11H25N2O.Y/c1-11(2)10-13-7-5-9-14-8-4-6-12-3;/h11,13H,4-10H2,1-3H3;/q-1;. The summed E-state index contributed by atoms with van der Waals surface area (Å²) >= 11 is 0. The Hall–Kier alpha value is 0.984. The van der Waals surface area contributed by atoms with Gasteiger partial charge in [0.1, 0.15) is 0 Å². The molecule has 0 fully saturated rings. The fourth-order valence-corrected chi connectivity index (χ4v) is 1.12. The smallest absolute Gasteiger partial charge is 0.0478 e. The van der Waals surface area contributed by atoms with E-state index in [1.807, 2.05) is 7.05 Å². The molecule has 4 heteroatoms. The SMILES string of the molecule is C[N-]CCCOCCCNCC(C)C.[Y].